The molecule has 0 heterocycles. The molecular formula is C12H18ClN3O2S. The standard InChI is InChI=1S/C12H17N3O2S.ClH/c1-8(13)12(17)15-9-4-2-3-5-10(9)18-7-6-11(14)16;/h2-5,8H,6-7,13H2,1H3,(H2,14,16)(H,15,17);1H/t8-;/m0./s1. The smallest absolute Gasteiger partial charge is 0.241 e. The highest BCUT2D eigenvalue weighted by Crippen LogP contribution is 2.27. The number of carbonyl (C=O) groups excluding carboxylic acids is 2. The van der Waals surface area contributed by atoms with Crippen molar-refractivity contribution >= 4 is 41.7 Å². The third-order valence-corrected chi connectivity index (χ3v) is 3.24. The van der Waals surface area contributed by atoms with Gasteiger partial charge >= 0.3 is 0 Å². The number of benzene rings is 1. The van der Waals surface area contributed by atoms with Crippen molar-refractivity contribution in [3.63, 3.8) is 0 Å². The predicted molar refractivity (Wildman–Crippen MR) is 80.5 cm³/mol. The largest absolute Gasteiger partial charge is 0.370 e. The normalized spacial score (nSPS) is 11.3. The third-order valence-electron chi connectivity index (χ3n) is 2.16. The van der Waals surface area contributed by atoms with Gasteiger partial charge in [0, 0.05) is 17.1 Å². The summed E-state index contributed by atoms with van der Waals surface area (Å²) in [5.41, 5.74) is 11.3. The summed E-state index contributed by atoms with van der Waals surface area (Å²) in [5, 5.41) is 2.75. The zero-order valence-electron chi connectivity index (χ0n) is 10.6. The van der Waals surface area contributed by atoms with Gasteiger partial charge in [-0.3, -0.25) is 9.59 Å². The van der Waals surface area contributed by atoms with Gasteiger partial charge in [-0.2, -0.15) is 0 Å². The molecule has 2 amide bonds. The predicted octanol–water partition coefficient (Wildman–Crippen LogP) is 1.36. The average Bonchev–Trinajstić information content (AvgIpc) is 2.30. The molecule has 106 valence electrons. The maximum absolute atomic E-state index is 11.5. The van der Waals surface area contributed by atoms with Gasteiger partial charge in [-0.15, -0.1) is 24.2 Å². The van der Waals surface area contributed by atoms with Crippen LogP contribution in [-0.4, -0.2) is 23.6 Å². The van der Waals surface area contributed by atoms with Crippen LogP contribution in [0.15, 0.2) is 29.2 Å². The van der Waals surface area contributed by atoms with E-state index in [1.165, 1.54) is 11.8 Å². The summed E-state index contributed by atoms with van der Waals surface area (Å²) in [5.74, 6) is 0.0120. The van der Waals surface area contributed by atoms with Gasteiger partial charge in [-0.05, 0) is 19.1 Å². The van der Waals surface area contributed by atoms with Crippen LogP contribution in [0.1, 0.15) is 13.3 Å². The summed E-state index contributed by atoms with van der Waals surface area (Å²) < 4.78 is 0. The van der Waals surface area contributed by atoms with E-state index >= 15 is 0 Å². The molecule has 1 rings (SSSR count). The highest BCUT2D eigenvalue weighted by atomic mass is 35.5. The lowest BCUT2D eigenvalue weighted by molar-refractivity contribution is -0.118. The van der Waals surface area contributed by atoms with Gasteiger partial charge in [0.1, 0.15) is 0 Å². The molecule has 0 aromatic heterocycles. The number of carbonyl (C=O) groups is 2. The quantitative estimate of drug-likeness (QED) is 0.691. The Morgan fingerprint density at radius 3 is 2.58 bits per heavy atom. The van der Waals surface area contributed by atoms with Crippen molar-refractivity contribution in [1.29, 1.82) is 0 Å². The molecule has 0 saturated heterocycles. The summed E-state index contributed by atoms with van der Waals surface area (Å²) in [6.45, 7) is 1.62. The van der Waals surface area contributed by atoms with Crippen LogP contribution in [0.4, 0.5) is 5.69 Å². The Morgan fingerprint density at radius 2 is 2.00 bits per heavy atom. The first-order valence-electron chi connectivity index (χ1n) is 5.57. The first-order valence-corrected chi connectivity index (χ1v) is 6.56. The second kappa shape index (κ2) is 8.79. The van der Waals surface area contributed by atoms with E-state index < -0.39 is 6.04 Å². The molecular weight excluding hydrogens is 286 g/mol. The minimum absolute atomic E-state index is 0. The second-order valence-electron chi connectivity index (χ2n) is 3.84. The van der Waals surface area contributed by atoms with Crippen LogP contribution in [0, 0.1) is 0 Å². The van der Waals surface area contributed by atoms with Crippen molar-refractivity contribution in [2.24, 2.45) is 11.5 Å². The number of anilines is 1. The maximum Gasteiger partial charge on any atom is 0.241 e. The van der Waals surface area contributed by atoms with E-state index in [2.05, 4.69) is 5.32 Å². The summed E-state index contributed by atoms with van der Waals surface area (Å²) in [4.78, 5) is 23.1. The number of nitrogens with two attached hydrogens (primary N) is 2. The molecule has 0 aliphatic heterocycles. The molecule has 7 heteroatoms. The van der Waals surface area contributed by atoms with Crippen LogP contribution in [-0.2, 0) is 9.59 Å². The van der Waals surface area contributed by atoms with Gasteiger partial charge < -0.3 is 16.8 Å². The van der Waals surface area contributed by atoms with E-state index in [-0.39, 0.29) is 24.2 Å². The van der Waals surface area contributed by atoms with Gasteiger partial charge in [0.25, 0.3) is 0 Å². The Morgan fingerprint density at radius 1 is 1.37 bits per heavy atom. The molecule has 0 spiro atoms. The highest BCUT2D eigenvalue weighted by Gasteiger charge is 2.10. The van der Waals surface area contributed by atoms with Gasteiger partial charge in [-0.1, -0.05) is 12.1 Å². The molecule has 0 bridgehead atoms. The summed E-state index contributed by atoms with van der Waals surface area (Å²) >= 11 is 1.47. The summed E-state index contributed by atoms with van der Waals surface area (Å²) in [7, 11) is 0. The van der Waals surface area contributed by atoms with Crippen LogP contribution in [0.25, 0.3) is 0 Å². The number of rotatable bonds is 6. The van der Waals surface area contributed by atoms with E-state index in [1.54, 1.807) is 13.0 Å². The number of para-hydroxylation sites is 1. The lowest BCUT2D eigenvalue weighted by Crippen LogP contribution is -2.32. The molecule has 0 saturated carbocycles. The minimum atomic E-state index is -0.561. The third kappa shape index (κ3) is 6.47. The lowest BCUT2D eigenvalue weighted by atomic mass is 10.3. The molecule has 5 N–H and O–H groups in total. The van der Waals surface area contributed by atoms with E-state index in [4.69, 9.17) is 11.5 Å². The van der Waals surface area contributed by atoms with Crippen LogP contribution in [0.5, 0.6) is 0 Å². The van der Waals surface area contributed by atoms with Crippen LogP contribution in [0.2, 0.25) is 0 Å². The van der Waals surface area contributed by atoms with Crippen molar-refractivity contribution in [1.82, 2.24) is 0 Å². The zero-order valence-corrected chi connectivity index (χ0v) is 12.2. The Labute approximate surface area is 122 Å². The van der Waals surface area contributed by atoms with Crippen molar-refractivity contribution in [2.45, 2.75) is 24.3 Å². The van der Waals surface area contributed by atoms with Crippen LogP contribution < -0.4 is 16.8 Å². The van der Waals surface area contributed by atoms with Crippen molar-refractivity contribution in [3.8, 4) is 0 Å². The molecule has 1 atom stereocenters. The number of amides is 2. The molecule has 0 radical (unpaired) electrons. The van der Waals surface area contributed by atoms with E-state index in [0.29, 0.717) is 17.9 Å². The van der Waals surface area contributed by atoms with E-state index in [9.17, 15) is 9.59 Å². The molecule has 1 aromatic carbocycles. The zero-order chi connectivity index (χ0) is 13.5. The Hall–Kier alpha value is -1.24. The lowest BCUT2D eigenvalue weighted by Gasteiger charge is -2.11. The monoisotopic (exact) mass is 303 g/mol. The molecule has 0 fully saturated rings. The van der Waals surface area contributed by atoms with Crippen molar-refractivity contribution in [3.05, 3.63) is 24.3 Å². The fraction of sp³-hybridized carbons (Fsp3) is 0.333. The van der Waals surface area contributed by atoms with Gasteiger partial charge in [0.15, 0.2) is 0 Å². The SMILES string of the molecule is C[C@H](N)C(=O)Nc1ccccc1SCCC(N)=O.Cl. The van der Waals surface area contributed by atoms with Crippen LogP contribution in [0.3, 0.4) is 0 Å². The molecule has 0 unspecified atom stereocenters. The summed E-state index contributed by atoms with van der Waals surface area (Å²) in [6, 6.07) is 6.81. The molecule has 0 aliphatic carbocycles. The molecule has 1 aromatic rings. The number of hydrogen-bond acceptors (Lipinski definition) is 4. The number of nitrogens with one attached hydrogen (secondary N) is 1. The molecule has 0 aliphatic rings. The Bertz CT molecular complexity index is 441. The summed E-state index contributed by atoms with van der Waals surface area (Å²) in [6.07, 6.45) is 0.306. The topological polar surface area (TPSA) is 98.2 Å². The van der Waals surface area contributed by atoms with Gasteiger partial charge in [-0.25, -0.2) is 0 Å². The van der Waals surface area contributed by atoms with E-state index in [0.717, 1.165) is 4.90 Å². The highest BCUT2D eigenvalue weighted by molar-refractivity contribution is 7.99. The fourth-order valence-electron chi connectivity index (χ4n) is 1.20. The van der Waals surface area contributed by atoms with Crippen molar-refractivity contribution < 1.29 is 9.59 Å². The maximum atomic E-state index is 11.5. The van der Waals surface area contributed by atoms with Crippen molar-refractivity contribution in [2.75, 3.05) is 11.1 Å². The number of primary amides is 1. The number of hydrogen-bond donors (Lipinski definition) is 3. The molecule has 19 heavy (non-hydrogen) atoms. The first-order chi connectivity index (χ1) is 8.50. The fourth-order valence-corrected chi connectivity index (χ4v) is 2.18. The Balaban J connectivity index is 0.00000324. The van der Waals surface area contributed by atoms with Gasteiger partial charge in [0.05, 0.1) is 11.7 Å². The van der Waals surface area contributed by atoms with E-state index in [1.807, 2.05) is 18.2 Å². The Kier molecular flexibility index (Phi) is 8.22. The van der Waals surface area contributed by atoms with Crippen LogP contribution >= 0.6 is 24.2 Å². The first kappa shape index (κ1) is 17.8. The molecule has 5 nitrogen and oxygen atoms in total. The average molecular weight is 304 g/mol. The number of halogens is 1. The van der Waals surface area contributed by atoms with Gasteiger partial charge in [0.2, 0.25) is 11.8 Å². The number of thioether (sulfide) groups is 1. The second-order valence-corrected chi connectivity index (χ2v) is 4.98. The minimum Gasteiger partial charge on any atom is -0.370 e.